The zero-order chi connectivity index (χ0) is 23.0. The molecule has 0 radical (unpaired) electrons. The van der Waals surface area contributed by atoms with Gasteiger partial charge in [0.1, 0.15) is 23.1 Å². The van der Waals surface area contributed by atoms with E-state index in [9.17, 15) is 29.0 Å². The van der Waals surface area contributed by atoms with Crippen LogP contribution >= 0.6 is 0 Å². The first-order chi connectivity index (χ1) is 14.5. The van der Waals surface area contributed by atoms with E-state index in [0.717, 1.165) is 16.8 Å². The molecule has 3 rings (SSSR count). The Balaban J connectivity index is 2.36. The van der Waals surface area contributed by atoms with Gasteiger partial charge in [0.2, 0.25) is 5.43 Å². The number of rotatable bonds is 6. The van der Waals surface area contributed by atoms with Crippen LogP contribution in [0.15, 0.2) is 17.1 Å². The summed E-state index contributed by atoms with van der Waals surface area (Å²) in [6, 6.07) is -0.521. The highest BCUT2D eigenvalue weighted by molar-refractivity contribution is 5.94. The number of likely N-dealkylation sites (N-methyl/N-ethyl adjacent to an activating group) is 1. The average molecular weight is 437 g/mol. The monoisotopic (exact) mass is 437 g/mol. The van der Waals surface area contributed by atoms with E-state index in [0.29, 0.717) is 26.2 Å². The number of fused-ring (bicyclic) bond motifs is 1. The van der Waals surface area contributed by atoms with Gasteiger partial charge in [0.25, 0.3) is 0 Å². The predicted octanol–water partition coefficient (Wildman–Crippen LogP) is 2.40. The maximum atomic E-state index is 15.8. The molecule has 31 heavy (non-hydrogen) atoms. The lowest BCUT2D eigenvalue weighted by Crippen LogP contribution is -2.45. The van der Waals surface area contributed by atoms with E-state index >= 15 is 4.39 Å². The summed E-state index contributed by atoms with van der Waals surface area (Å²) in [5.41, 5.74) is -2.55. The third-order valence-corrected chi connectivity index (χ3v) is 5.55. The molecule has 0 saturated carbocycles. The van der Waals surface area contributed by atoms with Crippen LogP contribution in [0.5, 0.6) is 0 Å². The molecular formula is C21H25F2N3O5. The van der Waals surface area contributed by atoms with Gasteiger partial charge in [-0.3, -0.25) is 4.79 Å². The molecule has 0 bridgehead atoms. The van der Waals surface area contributed by atoms with Crippen molar-refractivity contribution in [2.24, 2.45) is 5.92 Å². The van der Waals surface area contributed by atoms with Crippen molar-refractivity contribution in [2.45, 2.75) is 26.3 Å². The molecule has 1 atom stereocenters. The number of pyridine rings is 1. The van der Waals surface area contributed by atoms with Gasteiger partial charge in [-0.05, 0) is 25.5 Å². The molecule has 0 aliphatic carbocycles. The number of anilines is 1. The van der Waals surface area contributed by atoms with Gasteiger partial charge in [0.15, 0.2) is 5.82 Å². The van der Waals surface area contributed by atoms with Gasteiger partial charge >= 0.3 is 11.9 Å². The fourth-order valence-electron chi connectivity index (χ4n) is 3.93. The number of carboxylic acids is 2. The predicted molar refractivity (Wildman–Crippen MR) is 111 cm³/mol. The molecule has 1 aliphatic rings. The maximum Gasteiger partial charge on any atom is 0.341 e. The van der Waals surface area contributed by atoms with Crippen molar-refractivity contribution < 1.29 is 28.6 Å². The van der Waals surface area contributed by atoms with E-state index in [2.05, 4.69) is 0 Å². The van der Waals surface area contributed by atoms with Crippen molar-refractivity contribution >= 4 is 28.5 Å². The minimum atomic E-state index is -1.60. The van der Waals surface area contributed by atoms with Crippen molar-refractivity contribution in [1.82, 2.24) is 9.47 Å². The molecule has 0 amide bonds. The van der Waals surface area contributed by atoms with Crippen molar-refractivity contribution in [3.8, 4) is 0 Å². The maximum absolute atomic E-state index is 15.8. The van der Waals surface area contributed by atoms with Gasteiger partial charge in [-0.1, -0.05) is 13.8 Å². The lowest BCUT2D eigenvalue weighted by Gasteiger charge is -2.34. The van der Waals surface area contributed by atoms with Crippen LogP contribution in [0.1, 0.15) is 36.7 Å². The number of aromatic nitrogens is 1. The Kier molecular flexibility index (Phi) is 6.30. The van der Waals surface area contributed by atoms with Gasteiger partial charge in [0, 0.05) is 32.4 Å². The molecule has 1 aromatic heterocycles. The topological polar surface area (TPSA) is 103 Å². The standard InChI is InChI=1S/C21H25F2N3O5/c1-11(2)8-15(21(30)31)26-10-13(20(28)29)19(27)12-9-14(22)18(16(23)17(12)26)25-6-4-24(3)5-7-25/h9-11,15H,4-8H2,1-3H3,(H,28,29)(H,30,31). The summed E-state index contributed by atoms with van der Waals surface area (Å²) < 4.78 is 31.7. The molecule has 1 unspecified atom stereocenters. The fourth-order valence-corrected chi connectivity index (χ4v) is 3.93. The lowest BCUT2D eigenvalue weighted by molar-refractivity contribution is -0.141. The molecule has 168 valence electrons. The summed E-state index contributed by atoms with van der Waals surface area (Å²) in [7, 11) is 1.89. The summed E-state index contributed by atoms with van der Waals surface area (Å²) in [4.78, 5) is 39.8. The Morgan fingerprint density at radius 3 is 2.26 bits per heavy atom. The summed E-state index contributed by atoms with van der Waals surface area (Å²) in [6.07, 6.45) is 0.913. The first kappa shape index (κ1) is 22.7. The second-order valence-corrected chi connectivity index (χ2v) is 8.28. The number of benzene rings is 1. The largest absolute Gasteiger partial charge is 0.480 e. The Labute approximate surface area is 177 Å². The Bertz CT molecular complexity index is 1090. The van der Waals surface area contributed by atoms with Gasteiger partial charge in [0.05, 0.1) is 10.9 Å². The second kappa shape index (κ2) is 8.62. The van der Waals surface area contributed by atoms with Crippen LogP contribution in [0.25, 0.3) is 10.9 Å². The third kappa shape index (κ3) is 4.25. The first-order valence-electron chi connectivity index (χ1n) is 9.99. The molecule has 2 aromatic rings. The molecule has 2 N–H and O–H groups in total. The van der Waals surface area contributed by atoms with Crippen LogP contribution < -0.4 is 10.3 Å². The van der Waals surface area contributed by atoms with E-state index in [-0.39, 0.29) is 18.0 Å². The van der Waals surface area contributed by atoms with Crippen LogP contribution in [0.4, 0.5) is 14.5 Å². The first-order valence-corrected chi connectivity index (χ1v) is 9.99. The molecule has 1 aromatic carbocycles. The van der Waals surface area contributed by atoms with Crippen LogP contribution in [-0.4, -0.2) is 64.8 Å². The Hall–Kier alpha value is -3.01. The molecule has 1 saturated heterocycles. The van der Waals surface area contributed by atoms with Gasteiger partial charge in [-0.15, -0.1) is 0 Å². The smallest absolute Gasteiger partial charge is 0.341 e. The molecule has 2 heterocycles. The highest BCUT2D eigenvalue weighted by Gasteiger charge is 2.30. The number of hydrogen-bond acceptors (Lipinski definition) is 5. The molecule has 0 spiro atoms. The lowest BCUT2D eigenvalue weighted by atomic mass is 10.0. The Morgan fingerprint density at radius 2 is 1.74 bits per heavy atom. The minimum absolute atomic E-state index is 0.0625. The zero-order valence-electron chi connectivity index (χ0n) is 17.6. The van der Waals surface area contributed by atoms with Gasteiger partial charge < -0.3 is 24.6 Å². The van der Waals surface area contributed by atoms with Crippen LogP contribution in [0, 0.1) is 17.6 Å². The number of aliphatic carboxylic acids is 1. The summed E-state index contributed by atoms with van der Waals surface area (Å²) in [6.45, 7) is 5.39. The minimum Gasteiger partial charge on any atom is -0.480 e. The number of carboxylic acid groups (broad SMARTS) is 2. The van der Waals surface area contributed by atoms with E-state index in [4.69, 9.17) is 0 Å². The molecule has 8 nitrogen and oxygen atoms in total. The van der Waals surface area contributed by atoms with Crippen LogP contribution in [-0.2, 0) is 4.79 Å². The Morgan fingerprint density at radius 1 is 1.13 bits per heavy atom. The van der Waals surface area contributed by atoms with Gasteiger partial charge in [-0.2, -0.15) is 0 Å². The highest BCUT2D eigenvalue weighted by Crippen LogP contribution is 2.33. The molecule has 1 aliphatic heterocycles. The van der Waals surface area contributed by atoms with Crippen LogP contribution in [0.3, 0.4) is 0 Å². The third-order valence-electron chi connectivity index (χ3n) is 5.55. The number of carbonyl (C=O) groups is 2. The van der Waals surface area contributed by atoms with Crippen molar-refractivity contribution in [2.75, 3.05) is 38.1 Å². The van der Waals surface area contributed by atoms with E-state index in [1.807, 2.05) is 11.9 Å². The van der Waals surface area contributed by atoms with Crippen molar-refractivity contribution in [3.63, 3.8) is 0 Å². The molecule has 1 fully saturated rings. The van der Waals surface area contributed by atoms with E-state index < -0.39 is 51.5 Å². The molecular weight excluding hydrogens is 412 g/mol. The quantitative estimate of drug-likeness (QED) is 0.715. The second-order valence-electron chi connectivity index (χ2n) is 8.28. The number of aromatic carboxylic acids is 1. The fraction of sp³-hybridized carbons (Fsp3) is 0.476. The zero-order valence-corrected chi connectivity index (χ0v) is 17.6. The number of piperazine rings is 1. The number of halogens is 2. The summed E-state index contributed by atoms with van der Waals surface area (Å²) in [5, 5.41) is 18.7. The van der Waals surface area contributed by atoms with Crippen LogP contribution in [0.2, 0.25) is 0 Å². The number of hydrogen-bond donors (Lipinski definition) is 2. The van der Waals surface area contributed by atoms with E-state index in [1.54, 1.807) is 13.8 Å². The van der Waals surface area contributed by atoms with E-state index in [1.165, 1.54) is 4.90 Å². The summed E-state index contributed by atoms with van der Waals surface area (Å²) >= 11 is 0. The van der Waals surface area contributed by atoms with Crippen molar-refractivity contribution in [1.29, 1.82) is 0 Å². The average Bonchev–Trinajstić information content (AvgIpc) is 2.68. The van der Waals surface area contributed by atoms with Crippen molar-refractivity contribution in [3.05, 3.63) is 39.7 Å². The van der Waals surface area contributed by atoms with Gasteiger partial charge in [-0.25, -0.2) is 18.4 Å². The molecule has 10 heteroatoms. The normalized spacial score (nSPS) is 16.1. The summed E-state index contributed by atoms with van der Waals surface area (Å²) in [5.74, 6) is -5.08. The number of nitrogens with zero attached hydrogens (tertiary/aromatic N) is 3. The highest BCUT2D eigenvalue weighted by atomic mass is 19.1. The SMILES string of the molecule is CC(C)CC(C(=O)O)n1cc(C(=O)O)c(=O)c2cc(F)c(N3CCN(C)CC3)c(F)c21.